The number of nitrogens with zero attached hydrogens (tertiary/aromatic N) is 2. The van der Waals surface area contributed by atoms with Crippen molar-refractivity contribution in [2.24, 2.45) is 0 Å². The molecule has 0 saturated carbocycles. The van der Waals surface area contributed by atoms with E-state index >= 15 is 0 Å². The molecule has 1 aliphatic rings. The highest BCUT2D eigenvalue weighted by Gasteiger charge is 2.47. The predicted molar refractivity (Wildman–Crippen MR) is 140 cm³/mol. The molecular formula is C27H36N2O6S. The molecule has 0 bridgehead atoms. The molecule has 0 fully saturated rings. The van der Waals surface area contributed by atoms with E-state index in [1.807, 2.05) is 49.1 Å². The molecular weight excluding hydrogens is 480 g/mol. The summed E-state index contributed by atoms with van der Waals surface area (Å²) < 4.78 is 17.4. The summed E-state index contributed by atoms with van der Waals surface area (Å²) in [6.45, 7) is 13.1. The Morgan fingerprint density at radius 1 is 1.14 bits per heavy atom. The van der Waals surface area contributed by atoms with Gasteiger partial charge in [0.05, 0.1) is 26.4 Å². The molecule has 1 amide bonds. The zero-order chi connectivity index (χ0) is 26.8. The number of aldehydes is 1. The van der Waals surface area contributed by atoms with Crippen LogP contribution >= 0.6 is 11.3 Å². The van der Waals surface area contributed by atoms with E-state index in [9.17, 15) is 14.4 Å². The number of carbonyl (C=O) groups is 3. The second-order valence-electron chi connectivity index (χ2n) is 10.5. The molecule has 0 radical (unpaired) electrons. The molecule has 0 saturated heterocycles. The summed E-state index contributed by atoms with van der Waals surface area (Å²) in [6, 6.07) is 9.84. The number of methoxy groups -OCH3 is 1. The van der Waals surface area contributed by atoms with Crippen molar-refractivity contribution in [1.82, 2.24) is 4.90 Å². The Hall–Kier alpha value is -2.91. The number of hydrogen-bond acceptors (Lipinski definition) is 8. The van der Waals surface area contributed by atoms with Crippen molar-refractivity contribution in [2.75, 3.05) is 25.2 Å². The highest BCUT2D eigenvalue weighted by molar-refractivity contribution is 7.18. The van der Waals surface area contributed by atoms with E-state index < -0.39 is 17.1 Å². The van der Waals surface area contributed by atoms with Crippen LogP contribution in [-0.2, 0) is 14.3 Å². The Bertz CT molecular complexity index is 1100. The first-order chi connectivity index (χ1) is 16.8. The number of benzene rings is 1. The highest BCUT2D eigenvalue weighted by Crippen LogP contribution is 2.46. The molecule has 1 atom stereocenters. The molecule has 8 nitrogen and oxygen atoms in total. The third-order valence-electron chi connectivity index (χ3n) is 5.81. The number of amides is 1. The van der Waals surface area contributed by atoms with E-state index in [0.717, 1.165) is 5.56 Å². The van der Waals surface area contributed by atoms with Crippen LogP contribution in [0.1, 0.15) is 80.2 Å². The van der Waals surface area contributed by atoms with Gasteiger partial charge in [0.25, 0.3) is 5.91 Å². The lowest BCUT2D eigenvalue weighted by Gasteiger charge is -2.45. The van der Waals surface area contributed by atoms with Crippen LogP contribution in [0.4, 0.5) is 5.00 Å². The fraction of sp³-hybridized carbons (Fsp3) is 0.519. The zero-order valence-electron chi connectivity index (χ0n) is 22.3. The monoisotopic (exact) mass is 516 g/mol. The third-order valence-corrected chi connectivity index (χ3v) is 6.97. The maximum absolute atomic E-state index is 13.8. The van der Waals surface area contributed by atoms with Gasteiger partial charge in [-0.1, -0.05) is 30.3 Å². The van der Waals surface area contributed by atoms with E-state index in [0.29, 0.717) is 22.7 Å². The Labute approximate surface area is 217 Å². The number of carbonyl (C=O) groups excluding carboxylic acids is 3. The fourth-order valence-electron chi connectivity index (χ4n) is 4.06. The molecule has 9 heteroatoms. The number of anilines is 1. The first-order valence-corrected chi connectivity index (χ1v) is 12.8. The smallest absolute Gasteiger partial charge is 0.332 e. The van der Waals surface area contributed by atoms with Crippen LogP contribution in [0.5, 0.6) is 5.75 Å². The minimum atomic E-state index is -1.28. The summed E-state index contributed by atoms with van der Waals surface area (Å²) in [7, 11) is 1.43. The standard InChI is InChI=1S/C27H36N2O6S/c1-17(2)34-19(18-12-10-9-11-13-18)14-28-16-29(27(6,7)25(32)35-26(3,4)5)23(31)21-22(33-8)20(15-30)36-24(21)28/h9-13,15,17,19H,14,16H2,1-8H3. The normalized spacial score (nSPS) is 15.1. The molecule has 1 aromatic carbocycles. The van der Waals surface area contributed by atoms with Crippen LogP contribution < -0.4 is 9.64 Å². The first-order valence-electron chi connectivity index (χ1n) is 12.0. The van der Waals surface area contributed by atoms with Gasteiger partial charge in [0.1, 0.15) is 32.7 Å². The first kappa shape index (κ1) is 27.7. The van der Waals surface area contributed by atoms with Gasteiger partial charge < -0.3 is 24.0 Å². The SMILES string of the molecule is COc1c(C=O)sc2c1C(=O)N(C(C)(C)C(=O)OC(C)(C)C)CN2CC(OC(C)C)c1ccccc1. The van der Waals surface area contributed by atoms with Crippen molar-refractivity contribution in [3.8, 4) is 5.75 Å². The summed E-state index contributed by atoms with van der Waals surface area (Å²) in [5.41, 5.74) is -0.743. The van der Waals surface area contributed by atoms with Crippen LogP contribution in [0.15, 0.2) is 30.3 Å². The van der Waals surface area contributed by atoms with Crippen LogP contribution in [0, 0.1) is 0 Å². The highest BCUT2D eigenvalue weighted by atomic mass is 32.1. The Balaban J connectivity index is 2.09. The Morgan fingerprint density at radius 3 is 2.31 bits per heavy atom. The van der Waals surface area contributed by atoms with Crippen LogP contribution in [0.3, 0.4) is 0 Å². The topological polar surface area (TPSA) is 85.4 Å². The second kappa shape index (κ2) is 10.6. The number of hydrogen-bond donors (Lipinski definition) is 0. The van der Waals surface area contributed by atoms with Gasteiger partial charge in [-0.3, -0.25) is 9.59 Å². The van der Waals surface area contributed by atoms with E-state index in [-0.39, 0.29) is 36.1 Å². The van der Waals surface area contributed by atoms with Crippen molar-refractivity contribution >= 4 is 34.5 Å². The maximum Gasteiger partial charge on any atom is 0.332 e. The lowest BCUT2D eigenvalue weighted by atomic mass is 9.99. The summed E-state index contributed by atoms with van der Waals surface area (Å²) >= 11 is 1.20. The molecule has 36 heavy (non-hydrogen) atoms. The van der Waals surface area contributed by atoms with Crippen molar-refractivity contribution in [1.29, 1.82) is 0 Å². The van der Waals surface area contributed by atoms with E-state index in [1.165, 1.54) is 23.3 Å². The molecule has 0 aliphatic carbocycles. The maximum atomic E-state index is 13.8. The number of rotatable bonds is 9. The lowest BCUT2D eigenvalue weighted by Crippen LogP contribution is -2.60. The average molecular weight is 517 g/mol. The van der Waals surface area contributed by atoms with Crippen LogP contribution in [0.25, 0.3) is 0 Å². The largest absolute Gasteiger partial charge is 0.494 e. The molecule has 0 spiro atoms. The predicted octanol–water partition coefficient (Wildman–Crippen LogP) is 5.08. The van der Waals surface area contributed by atoms with Gasteiger partial charge in [-0.2, -0.15) is 0 Å². The molecule has 2 heterocycles. The molecule has 3 rings (SSSR count). The van der Waals surface area contributed by atoms with Gasteiger partial charge in [-0.15, -0.1) is 11.3 Å². The minimum Gasteiger partial charge on any atom is -0.494 e. The Kier molecular flexibility index (Phi) is 8.15. The van der Waals surface area contributed by atoms with E-state index in [1.54, 1.807) is 34.6 Å². The van der Waals surface area contributed by atoms with Gasteiger partial charge in [-0.25, -0.2) is 4.79 Å². The number of esters is 1. The van der Waals surface area contributed by atoms with Gasteiger partial charge in [-0.05, 0) is 54.0 Å². The second-order valence-corrected chi connectivity index (χ2v) is 11.6. The molecule has 196 valence electrons. The molecule has 0 N–H and O–H groups in total. The van der Waals surface area contributed by atoms with Crippen LogP contribution in [-0.4, -0.2) is 60.6 Å². The number of fused-ring (bicyclic) bond motifs is 1. The number of thiophene rings is 1. The average Bonchev–Trinajstić information content (AvgIpc) is 3.19. The van der Waals surface area contributed by atoms with Gasteiger partial charge in [0.2, 0.25) is 0 Å². The van der Waals surface area contributed by atoms with Crippen molar-refractivity contribution < 1.29 is 28.6 Å². The third kappa shape index (κ3) is 5.73. The van der Waals surface area contributed by atoms with Crippen molar-refractivity contribution in [3.05, 3.63) is 46.3 Å². The summed E-state index contributed by atoms with van der Waals surface area (Å²) in [6.07, 6.45) is 0.334. The van der Waals surface area contributed by atoms with Gasteiger partial charge in [0.15, 0.2) is 12.0 Å². The summed E-state index contributed by atoms with van der Waals surface area (Å²) in [4.78, 5) is 42.6. The summed E-state index contributed by atoms with van der Waals surface area (Å²) in [5.74, 6) is -0.695. The quantitative estimate of drug-likeness (QED) is 0.340. The zero-order valence-corrected chi connectivity index (χ0v) is 23.1. The number of ether oxygens (including phenoxy) is 3. The minimum absolute atomic E-state index is 0.0428. The molecule has 2 aromatic rings. The molecule has 1 aliphatic heterocycles. The van der Waals surface area contributed by atoms with E-state index in [2.05, 4.69) is 0 Å². The Morgan fingerprint density at radius 2 is 1.78 bits per heavy atom. The molecule has 1 unspecified atom stereocenters. The van der Waals surface area contributed by atoms with E-state index in [4.69, 9.17) is 14.2 Å². The fourth-order valence-corrected chi connectivity index (χ4v) is 5.13. The van der Waals surface area contributed by atoms with Crippen molar-refractivity contribution in [3.63, 3.8) is 0 Å². The lowest BCUT2D eigenvalue weighted by molar-refractivity contribution is -0.166. The van der Waals surface area contributed by atoms with Gasteiger partial charge >= 0.3 is 5.97 Å². The van der Waals surface area contributed by atoms with Crippen LogP contribution in [0.2, 0.25) is 0 Å². The summed E-state index contributed by atoms with van der Waals surface area (Å²) in [5, 5.41) is 0.614. The molecule has 1 aromatic heterocycles. The van der Waals surface area contributed by atoms with Crippen molar-refractivity contribution in [2.45, 2.75) is 71.8 Å². The van der Waals surface area contributed by atoms with Gasteiger partial charge in [0, 0.05) is 0 Å².